The summed E-state index contributed by atoms with van der Waals surface area (Å²) in [6, 6.07) is 15.7. The van der Waals surface area contributed by atoms with Crippen molar-refractivity contribution in [1.29, 1.82) is 0 Å². The number of benzene rings is 2. The summed E-state index contributed by atoms with van der Waals surface area (Å²) in [4.78, 5) is 24.5. The van der Waals surface area contributed by atoms with Crippen LogP contribution in [0, 0.1) is 0 Å². The Hall–Kier alpha value is -1.86. The Kier molecular flexibility index (Phi) is 5.75. The molecule has 1 heterocycles. The molecule has 1 aliphatic heterocycles. The van der Waals surface area contributed by atoms with Gasteiger partial charge in [0.1, 0.15) is 17.6 Å². The summed E-state index contributed by atoms with van der Waals surface area (Å²) < 4.78 is 0. The predicted molar refractivity (Wildman–Crippen MR) is 98.5 cm³/mol. The van der Waals surface area contributed by atoms with E-state index >= 15 is 0 Å². The lowest BCUT2D eigenvalue weighted by Crippen LogP contribution is -2.59. The zero-order valence-corrected chi connectivity index (χ0v) is 14.8. The fourth-order valence-corrected chi connectivity index (χ4v) is 3.66. The van der Waals surface area contributed by atoms with Gasteiger partial charge in [0.25, 0.3) is 0 Å². The van der Waals surface area contributed by atoms with Crippen LogP contribution in [-0.4, -0.2) is 34.3 Å². The number of amides is 1. The second-order valence-corrected chi connectivity index (χ2v) is 7.16. The molecule has 130 valence electrons. The molecule has 3 N–H and O–H groups in total. The second-order valence-electron chi connectivity index (χ2n) is 5.63. The first-order valence-electron chi connectivity index (χ1n) is 7.74. The highest BCUT2D eigenvalue weighted by atomic mass is 35.5. The van der Waals surface area contributed by atoms with Crippen LogP contribution in [0.25, 0.3) is 0 Å². The Morgan fingerprint density at radius 2 is 1.80 bits per heavy atom. The highest BCUT2D eigenvalue weighted by Crippen LogP contribution is 2.24. The second kappa shape index (κ2) is 8.01. The summed E-state index contributed by atoms with van der Waals surface area (Å²) in [6.45, 7) is 0. The molecule has 0 saturated carbocycles. The van der Waals surface area contributed by atoms with Crippen molar-refractivity contribution < 1.29 is 14.7 Å². The van der Waals surface area contributed by atoms with Crippen molar-refractivity contribution in [1.82, 2.24) is 10.6 Å². The molecular weight excluding hydrogens is 360 g/mol. The van der Waals surface area contributed by atoms with Gasteiger partial charge in [-0.05, 0) is 29.8 Å². The van der Waals surface area contributed by atoms with Gasteiger partial charge in [0.05, 0.1) is 5.75 Å². The average Bonchev–Trinajstić information content (AvgIpc) is 2.61. The van der Waals surface area contributed by atoms with Crippen LogP contribution in [0.2, 0.25) is 5.02 Å². The standard InChI is InChI=1S/C18H17ClN2O3S/c19-13-8-6-11(7-9-13)14(22)10-25-18-20-16(23)15(17(24)21-18)12-4-2-1-3-5-12/h1-9,15-16,18,20,23H,10H2,(H,21,24). The summed E-state index contributed by atoms with van der Waals surface area (Å²) in [5.41, 5.74) is 0.765. The first-order chi connectivity index (χ1) is 12.0. The molecule has 2 aromatic rings. The third-order valence-corrected chi connectivity index (χ3v) is 5.17. The number of ketones is 1. The zero-order valence-electron chi connectivity index (χ0n) is 13.2. The average molecular weight is 377 g/mol. The van der Waals surface area contributed by atoms with Gasteiger partial charge in [0.2, 0.25) is 5.91 Å². The minimum atomic E-state index is -1.01. The number of aliphatic hydroxyl groups is 1. The molecule has 0 spiro atoms. The normalized spacial score (nSPS) is 23.1. The number of nitrogens with one attached hydrogen (secondary N) is 2. The lowest BCUT2D eigenvalue weighted by molar-refractivity contribution is -0.129. The molecular formula is C18H17ClN2O3S. The number of hydrogen-bond donors (Lipinski definition) is 3. The van der Waals surface area contributed by atoms with Gasteiger partial charge in [0.15, 0.2) is 5.78 Å². The van der Waals surface area contributed by atoms with E-state index in [1.807, 2.05) is 18.2 Å². The monoisotopic (exact) mass is 376 g/mol. The Balaban J connectivity index is 1.58. The maximum atomic E-state index is 12.3. The van der Waals surface area contributed by atoms with Crippen molar-refractivity contribution in [3.63, 3.8) is 0 Å². The summed E-state index contributed by atoms with van der Waals surface area (Å²) in [5.74, 6) is -0.848. The number of carbonyl (C=O) groups excluding carboxylic acids is 2. The Labute approximate surface area is 154 Å². The molecule has 25 heavy (non-hydrogen) atoms. The van der Waals surface area contributed by atoms with E-state index in [2.05, 4.69) is 10.6 Å². The molecule has 2 aromatic carbocycles. The smallest absolute Gasteiger partial charge is 0.233 e. The number of aliphatic hydroxyl groups excluding tert-OH is 1. The highest BCUT2D eigenvalue weighted by molar-refractivity contribution is 8.00. The SMILES string of the molecule is O=C(CSC1NC(=O)C(c2ccccc2)C(O)N1)c1ccc(Cl)cc1. The Morgan fingerprint density at radius 3 is 2.44 bits per heavy atom. The fourth-order valence-electron chi connectivity index (χ4n) is 2.62. The number of thioether (sulfide) groups is 1. The van der Waals surface area contributed by atoms with Gasteiger partial charge in [-0.2, -0.15) is 0 Å². The van der Waals surface area contributed by atoms with Crippen molar-refractivity contribution in [2.45, 2.75) is 17.6 Å². The molecule has 3 atom stereocenters. The summed E-state index contributed by atoms with van der Waals surface area (Å²) in [6.07, 6.45) is -1.01. The lowest BCUT2D eigenvalue weighted by atomic mass is 9.95. The van der Waals surface area contributed by atoms with Gasteiger partial charge in [0, 0.05) is 10.6 Å². The van der Waals surface area contributed by atoms with Crippen molar-refractivity contribution in [2.24, 2.45) is 0 Å². The van der Waals surface area contributed by atoms with Crippen LogP contribution in [0.3, 0.4) is 0 Å². The fraction of sp³-hybridized carbons (Fsp3) is 0.222. The third-order valence-electron chi connectivity index (χ3n) is 3.90. The number of halogens is 1. The molecule has 0 aromatic heterocycles. The Bertz CT molecular complexity index is 755. The minimum absolute atomic E-state index is 0.0719. The van der Waals surface area contributed by atoms with Gasteiger partial charge in [-0.25, -0.2) is 0 Å². The van der Waals surface area contributed by atoms with E-state index in [9.17, 15) is 14.7 Å². The first kappa shape index (κ1) is 17.9. The van der Waals surface area contributed by atoms with Crippen molar-refractivity contribution >= 4 is 35.1 Å². The number of hydrogen-bond acceptors (Lipinski definition) is 5. The van der Waals surface area contributed by atoms with Crippen molar-refractivity contribution in [3.05, 3.63) is 70.7 Å². The van der Waals surface area contributed by atoms with E-state index in [1.54, 1.807) is 36.4 Å². The molecule has 3 unspecified atom stereocenters. The van der Waals surface area contributed by atoms with Crippen LogP contribution >= 0.6 is 23.4 Å². The van der Waals surface area contributed by atoms with E-state index in [4.69, 9.17) is 11.6 Å². The molecule has 0 radical (unpaired) electrons. The van der Waals surface area contributed by atoms with E-state index < -0.39 is 17.6 Å². The number of rotatable bonds is 5. The van der Waals surface area contributed by atoms with E-state index in [1.165, 1.54) is 11.8 Å². The lowest BCUT2D eigenvalue weighted by Gasteiger charge is -2.34. The maximum Gasteiger partial charge on any atom is 0.233 e. The van der Waals surface area contributed by atoms with E-state index in [0.717, 1.165) is 5.56 Å². The van der Waals surface area contributed by atoms with Gasteiger partial charge in [-0.15, -0.1) is 11.8 Å². The predicted octanol–water partition coefficient (Wildman–Crippen LogP) is 2.36. The number of Topliss-reactive ketones (excluding diaryl/α,β-unsaturated/α-hetero) is 1. The van der Waals surface area contributed by atoms with Gasteiger partial charge in [-0.3, -0.25) is 14.9 Å². The number of carbonyl (C=O) groups is 2. The van der Waals surface area contributed by atoms with Crippen LogP contribution in [-0.2, 0) is 4.79 Å². The van der Waals surface area contributed by atoms with Gasteiger partial charge < -0.3 is 10.4 Å². The maximum absolute atomic E-state index is 12.3. The van der Waals surface area contributed by atoms with Crippen LogP contribution in [0.4, 0.5) is 0 Å². The largest absolute Gasteiger partial charge is 0.377 e. The summed E-state index contributed by atoms with van der Waals surface area (Å²) in [5, 5.41) is 16.6. The highest BCUT2D eigenvalue weighted by Gasteiger charge is 2.36. The molecule has 0 bridgehead atoms. The van der Waals surface area contributed by atoms with Gasteiger partial charge in [-0.1, -0.05) is 41.9 Å². The quantitative estimate of drug-likeness (QED) is 0.698. The van der Waals surface area contributed by atoms with Crippen LogP contribution in [0.5, 0.6) is 0 Å². The van der Waals surface area contributed by atoms with E-state index in [-0.39, 0.29) is 17.4 Å². The summed E-state index contributed by atoms with van der Waals surface area (Å²) in [7, 11) is 0. The van der Waals surface area contributed by atoms with Crippen LogP contribution in [0.15, 0.2) is 54.6 Å². The molecule has 5 nitrogen and oxygen atoms in total. The topological polar surface area (TPSA) is 78.4 Å². The molecule has 1 amide bonds. The third kappa shape index (κ3) is 4.41. The molecule has 1 aliphatic rings. The van der Waals surface area contributed by atoms with Gasteiger partial charge >= 0.3 is 0 Å². The molecule has 0 aliphatic carbocycles. The van der Waals surface area contributed by atoms with Crippen LogP contribution in [0.1, 0.15) is 21.8 Å². The molecule has 7 heteroatoms. The molecule has 3 rings (SSSR count). The summed E-state index contributed by atoms with van der Waals surface area (Å²) >= 11 is 7.03. The minimum Gasteiger partial charge on any atom is -0.377 e. The molecule has 1 fully saturated rings. The Morgan fingerprint density at radius 1 is 1.12 bits per heavy atom. The van der Waals surface area contributed by atoms with Crippen LogP contribution < -0.4 is 10.6 Å². The molecule has 1 saturated heterocycles. The zero-order chi connectivity index (χ0) is 17.8. The first-order valence-corrected chi connectivity index (χ1v) is 9.17. The van der Waals surface area contributed by atoms with Crippen molar-refractivity contribution in [2.75, 3.05) is 5.75 Å². The van der Waals surface area contributed by atoms with E-state index in [0.29, 0.717) is 10.6 Å². The van der Waals surface area contributed by atoms with Crippen molar-refractivity contribution in [3.8, 4) is 0 Å².